The van der Waals surface area contributed by atoms with Crippen molar-refractivity contribution >= 4 is 6.71 Å². The zero-order valence-electron chi connectivity index (χ0n) is 9.40. The first kappa shape index (κ1) is 12.1. The molecule has 0 N–H and O–H groups in total. The van der Waals surface area contributed by atoms with Crippen LogP contribution in [0, 0.1) is 5.92 Å². The first-order chi connectivity index (χ1) is 5.70. The van der Waals surface area contributed by atoms with E-state index in [1.54, 1.807) is 0 Å². The molecule has 72 valence electrons. The largest absolute Gasteiger partial charge is 0.133 e. The fraction of sp³-hybridized carbons (Fsp3) is 1.00. The van der Waals surface area contributed by atoms with Gasteiger partial charge >= 0.3 is 0 Å². The Morgan fingerprint density at radius 2 is 1.42 bits per heavy atom. The maximum absolute atomic E-state index is 2.33. The van der Waals surface area contributed by atoms with E-state index in [9.17, 15) is 0 Å². The lowest BCUT2D eigenvalue weighted by atomic mass is 9.51. The Hall–Kier alpha value is 0.0649. The lowest BCUT2D eigenvalue weighted by Crippen LogP contribution is -2.05. The molecule has 0 aromatic heterocycles. The molecule has 0 spiro atoms. The average molecular weight is 168 g/mol. The molecule has 0 aromatic carbocycles. The molecule has 0 saturated carbocycles. The summed E-state index contributed by atoms with van der Waals surface area (Å²) in [5, 5.41) is 0. The van der Waals surface area contributed by atoms with E-state index in [4.69, 9.17) is 0 Å². The van der Waals surface area contributed by atoms with E-state index in [2.05, 4.69) is 27.5 Å². The smallest absolute Gasteiger partial charge is 0.0863 e. The molecule has 0 aliphatic carbocycles. The minimum Gasteiger partial charge on any atom is -0.0863 e. The molecular weight excluding hydrogens is 143 g/mol. The van der Waals surface area contributed by atoms with E-state index >= 15 is 0 Å². The lowest BCUT2D eigenvalue weighted by molar-refractivity contribution is 0.426. The van der Waals surface area contributed by atoms with Crippen molar-refractivity contribution < 1.29 is 0 Å². The average Bonchev–Trinajstić information content (AvgIpc) is 2.01. The zero-order chi connectivity index (χ0) is 9.40. The fourth-order valence-corrected chi connectivity index (χ4v) is 1.82. The van der Waals surface area contributed by atoms with E-state index in [0.717, 1.165) is 12.6 Å². The number of hydrogen-bond donors (Lipinski definition) is 0. The van der Waals surface area contributed by atoms with Crippen LogP contribution in [0.2, 0.25) is 20.0 Å². The molecular formula is C11H25B. The molecule has 0 aliphatic rings. The van der Waals surface area contributed by atoms with Gasteiger partial charge in [-0.25, -0.2) is 0 Å². The Kier molecular flexibility index (Phi) is 7.74. The van der Waals surface area contributed by atoms with Crippen molar-refractivity contribution in [2.24, 2.45) is 5.92 Å². The maximum Gasteiger partial charge on any atom is 0.133 e. The van der Waals surface area contributed by atoms with Crippen LogP contribution in [0.1, 0.15) is 46.0 Å². The van der Waals surface area contributed by atoms with Crippen molar-refractivity contribution in [1.82, 2.24) is 0 Å². The van der Waals surface area contributed by atoms with Crippen molar-refractivity contribution in [3.8, 4) is 0 Å². The Bertz CT molecular complexity index is 83.0. The molecule has 0 bridgehead atoms. The number of hydrogen-bond acceptors (Lipinski definition) is 0. The van der Waals surface area contributed by atoms with Gasteiger partial charge in [0.2, 0.25) is 0 Å². The SMILES string of the molecule is CCCC(CCC)CCB(C)C. The van der Waals surface area contributed by atoms with Gasteiger partial charge in [0.15, 0.2) is 0 Å². The second-order valence-corrected chi connectivity index (χ2v) is 4.41. The molecule has 0 aromatic rings. The molecule has 0 saturated heterocycles. The van der Waals surface area contributed by atoms with Crippen LogP contribution >= 0.6 is 0 Å². The van der Waals surface area contributed by atoms with Crippen LogP contribution in [0.3, 0.4) is 0 Å². The minimum absolute atomic E-state index is 0.890. The van der Waals surface area contributed by atoms with Gasteiger partial charge in [0.25, 0.3) is 0 Å². The molecule has 0 radical (unpaired) electrons. The summed E-state index contributed by atoms with van der Waals surface area (Å²) in [5.74, 6) is 1.02. The van der Waals surface area contributed by atoms with E-state index in [0.29, 0.717) is 0 Å². The van der Waals surface area contributed by atoms with Gasteiger partial charge in [-0.1, -0.05) is 65.9 Å². The standard InChI is InChI=1S/C11H25B/c1-5-7-11(8-6-2)9-10-12(3)4/h11H,5-10H2,1-4H3. The van der Waals surface area contributed by atoms with Crippen LogP contribution in [0.15, 0.2) is 0 Å². The van der Waals surface area contributed by atoms with E-state index in [1.807, 2.05) is 0 Å². The van der Waals surface area contributed by atoms with E-state index in [-0.39, 0.29) is 0 Å². The Labute approximate surface area is 79.2 Å². The van der Waals surface area contributed by atoms with Crippen molar-refractivity contribution in [3.63, 3.8) is 0 Å². The summed E-state index contributed by atoms with van der Waals surface area (Å²) in [4.78, 5) is 0. The number of rotatable bonds is 7. The second kappa shape index (κ2) is 7.70. The third-order valence-corrected chi connectivity index (χ3v) is 2.55. The highest BCUT2D eigenvalue weighted by Gasteiger charge is 2.08. The van der Waals surface area contributed by atoms with E-state index in [1.165, 1.54) is 38.4 Å². The van der Waals surface area contributed by atoms with Gasteiger partial charge in [0.05, 0.1) is 0 Å². The summed E-state index contributed by atoms with van der Waals surface area (Å²) >= 11 is 0. The molecule has 0 atom stereocenters. The van der Waals surface area contributed by atoms with Crippen molar-refractivity contribution in [1.29, 1.82) is 0 Å². The van der Waals surface area contributed by atoms with Gasteiger partial charge in [0, 0.05) is 0 Å². The molecule has 0 amide bonds. The Morgan fingerprint density at radius 3 is 1.75 bits per heavy atom. The monoisotopic (exact) mass is 168 g/mol. The summed E-state index contributed by atoms with van der Waals surface area (Å²) in [6, 6.07) is 0. The van der Waals surface area contributed by atoms with Gasteiger partial charge in [-0.2, -0.15) is 0 Å². The first-order valence-corrected chi connectivity index (χ1v) is 5.70. The van der Waals surface area contributed by atoms with Crippen LogP contribution in [-0.2, 0) is 0 Å². The minimum atomic E-state index is 0.890. The zero-order valence-corrected chi connectivity index (χ0v) is 9.40. The predicted octanol–water partition coefficient (Wildman–Crippen LogP) is 4.35. The summed E-state index contributed by atoms with van der Waals surface area (Å²) in [5.41, 5.74) is 0. The third kappa shape index (κ3) is 6.76. The van der Waals surface area contributed by atoms with Crippen LogP contribution in [0.5, 0.6) is 0 Å². The quantitative estimate of drug-likeness (QED) is 0.496. The summed E-state index contributed by atoms with van der Waals surface area (Å²) in [6.07, 6.45) is 8.50. The predicted molar refractivity (Wildman–Crippen MR) is 60.2 cm³/mol. The van der Waals surface area contributed by atoms with Gasteiger partial charge in [-0.05, 0) is 5.92 Å². The highest BCUT2D eigenvalue weighted by Crippen LogP contribution is 2.20. The molecule has 0 rings (SSSR count). The molecule has 0 nitrogen and oxygen atoms in total. The Morgan fingerprint density at radius 1 is 0.917 bits per heavy atom. The van der Waals surface area contributed by atoms with Crippen molar-refractivity contribution in [2.45, 2.75) is 65.9 Å². The van der Waals surface area contributed by atoms with Crippen molar-refractivity contribution in [3.05, 3.63) is 0 Å². The van der Waals surface area contributed by atoms with Crippen LogP contribution in [0.25, 0.3) is 0 Å². The Balaban J connectivity index is 3.48. The molecule has 12 heavy (non-hydrogen) atoms. The maximum atomic E-state index is 2.33. The lowest BCUT2D eigenvalue weighted by Gasteiger charge is -2.15. The molecule has 0 fully saturated rings. The van der Waals surface area contributed by atoms with Crippen LogP contribution in [-0.4, -0.2) is 6.71 Å². The summed E-state index contributed by atoms with van der Waals surface area (Å²) in [6.45, 7) is 10.2. The second-order valence-electron chi connectivity index (χ2n) is 4.41. The topological polar surface area (TPSA) is 0 Å². The fourth-order valence-electron chi connectivity index (χ4n) is 1.82. The molecule has 1 heteroatoms. The van der Waals surface area contributed by atoms with Crippen LogP contribution in [0.4, 0.5) is 0 Å². The third-order valence-electron chi connectivity index (χ3n) is 2.55. The van der Waals surface area contributed by atoms with Gasteiger partial charge < -0.3 is 0 Å². The first-order valence-electron chi connectivity index (χ1n) is 5.70. The highest BCUT2D eigenvalue weighted by atomic mass is 14.1. The van der Waals surface area contributed by atoms with Gasteiger partial charge in [-0.3, -0.25) is 0 Å². The molecule has 0 heterocycles. The van der Waals surface area contributed by atoms with Crippen molar-refractivity contribution in [2.75, 3.05) is 0 Å². The van der Waals surface area contributed by atoms with Gasteiger partial charge in [-0.15, -0.1) is 0 Å². The summed E-state index contributed by atoms with van der Waals surface area (Å²) < 4.78 is 0. The van der Waals surface area contributed by atoms with Crippen LogP contribution < -0.4 is 0 Å². The normalized spacial score (nSPS) is 10.8. The molecule has 0 aliphatic heterocycles. The highest BCUT2D eigenvalue weighted by molar-refractivity contribution is 6.55. The molecule has 0 unspecified atom stereocenters. The van der Waals surface area contributed by atoms with E-state index < -0.39 is 0 Å². The van der Waals surface area contributed by atoms with Gasteiger partial charge in [0.1, 0.15) is 6.71 Å². The summed E-state index contributed by atoms with van der Waals surface area (Å²) in [7, 11) is 0.